The van der Waals surface area contributed by atoms with Crippen LogP contribution in [-0.4, -0.2) is 15.9 Å². The molecule has 0 unspecified atom stereocenters. The van der Waals surface area contributed by atoms with Crippen LogP contribution in [0.2, 0.25) is 0 Å². The number of rotatable bonds is 4. The number of nitrogens with one attached hydrogen (secondary N) is 1. The molecule has 0 spiro atoms. The van der Waals surface area contributed by atoms with Gasteiger partial charge < -0.3 is 15.6 Å². The number of aliphatic hydroxyl groups excluding tert-OH is 1. The molecule has 0 amide bonds. The van der Waals surface area contributed by atoms with Crippen molar-refractivity contribution in [2.45, 2.75) is 25.9 Å². The van der Waals surface area contributed by atoms with Gasteiger partial charge in [-0.2, -0.15) is 0 Å². The first-order valence-electron chi connectivity index (χ1n) is 4.71. The Kier molecular flexibility index (Phi) is 4.53. The van der Waals surface area contributed by atoms with Gasteiger partial charge in [-0.15, -0.1) is 0 Å². The van der Waals surface area contributed by atoms with E-state index in [0.29, 0.717) is 24.1 Å². The van der Waals surface area contributed by atoms with Crippen LogP contribution in [-0.2, 0) is 0 Å². The Bertz CT molecular complexity index is 366. The quantitative estimate of drug-likeness (QED) is 0.589. The number of benzene rings is 1. The van der Waals surface area contributed by atoms with Gasteiger partial charge in [0.15, 0.2) is 0 Å². The summed E-state index contributed by atoms with van der Waals surface area (Å²) in [6, 6.07) is 5.14. The molecule has 0 aliphatic rings. The summed E-state index contributed by atoms with van der Waals surface area (Å²) in [5, 5.41) is 26.5. The minimum Gasteiger partial charge on any atom is -0.507 e. The van der Waals surface area contributed by atoms with Crippen molar-refractivity contribution in [3.63, 3.8) is 0 Å². The predicted octanol–water partition coefficient (Wildman–Crippen LogP) is 2.85. The molecule has 1 rings (SSSR count). The average molecular weight is 323 g/mol. The number of phenols is 1. The lowest BCUT2D eigenvalue weighted by molar-refractivity contribution is 0.169. The van der Waals surface area contributed by atoms with Crippen LogP contribution in [0.1, 0.15) is 31.4 Å². The second-order valence-electron chi connectivity index (χ2n) is 3.55. The van der Waals surface area contributed by atoms with Gasteiger partial charge in [0.2, 0.25) is 0 Å². The molecule has 0 saturated heterocycles. The third-order valence-electron chi connectivity index (χ3n) is 2.15. The standard InChI is InChI=1S/C11H14INO2/c1-7(13)2-5-10(14)8-3-4-9(12)11(15)6-8/h3-4,6,10,13-15H,2,5H2,1H3/t10-/m0/s1/i12+4. The molecule has 0 saturated carbocycles. The fourth-order valence-electron chi connectivity index (χ4n) is 1.26. The fraction of sp³-hybridized carbons (Fsp3) is 0.364. The highest BCUT2D eigenvalue weighted by molar-refractivity contribution is 14.1. The Morgan fingerprint density at radius 1 is 1.53 bits per heavy atom. The highest BCUT2D eigenvalue weighted by atomic mass is 131. The summed E-state index contributed by atoms with van der Waals surface area (Å²) < 4.78 is 0.770. The van der Waals surface area contributed by atoms with E-state index in [1.54, 1.807) is 25.1 Å². The van der Waals surface area contributed by atoms with E-state index in [9.17, 15) is 10.2 Å². The molecule has 1 aromatic rings. The predicted molar refractivity (Wildman–Crippen MR) is 68.4 cm³/mol. The van der Waals surface area contributed by atoms with Crippen LogP contribution in [0.25, 0.3) is 0 Å². The summed E-state index contributed by atoms with van der Waals surface area (Å²) in [5.41, 5.74) is 1.26. The maximum atomic E-state index is 9.77. The van der Waals surface area contributed by atoms with Crippen molar-refractivity contribution in [2.24, 2.45) is 0 Å². The molecule has 1 aromatic carbocycles. The minimum absolute atomic E-state index is 0.193. The topological polar surface area (TPSA) is 64.3 Å². The summed E-state index contributed by atoms with van der Waals surface area (Å²) in [4.78, 5) is 0. The van der Waals surface area contributed by atoms with Crippen molar-refractivity contribution in [3.8, 4) is 5.75 Å². The lowest BCUT2D eigenvalue weighted by Gasteiger charge is -2.11. The first-order chi connectivity index (χ1) is 7.00. The van der Waals surface area contributed by atoms with Crippen LogP contribution in [0.15, 0.2) is 18.2 Å². The van der Waals surface area contributed by atoms with Gasteiger partial charge in [0.1, 0.15) is 5.75 Å². The van der Waals surface area contributed by atoms with Crippen LogP contribution < -0.4 is 0 Å². The summed E-state index contributed by atoms with van der Waals surface area (Å²) in [7, 11) is 0. The molecule has 82 valence electrons. The molecule has 0 fully saturated rings. The van der Waals surface area contributed by atoms with Gasteiger partial charge in [-0.1, -0.05) is 6.07 Å². The van der Waals surface area contributed by atoms with E-state index in [4.69, 9.17) is 5.41 Å². The largest absolute Gasteiger partial charge is 0.507 e. The summed E-state index contributed by atoms with van der Waals surface area (Å²) in [6.45, 7) is 1.72. The number of aliphatic hydroxyl groups is 1. The van der Waals surface area contributed by atoms with E-state index >= 15 is 0 Å². The average Bonchev–Trinajstić information content (AvgIpc) is 2.18. The molecule has 0 bridgehead atoms. The van der Waals surface area contributed by atoms with Crippen molar-refractivity contribution < 1.29 is 10.2 Å². The zero-order valence-corrected chi connectivity index (χ0v) is 10.7. The first-order valence-corrected chi connectivity index (χ1v) is 5.79. The van der Waals surface area contributed by atoms with Crippen molar-refractivity contribution in [2.75, 3.05) is 0 Å². The van der Waals surface area contributed by atoms with Gasteiger partial charge in [-0.05, 0) is 60.1 Å². The Morgan fingerprint density at radius 2 is 2.20 bits per heavy atom. The second-order valence-corrected chi connectivity index (χ2v) is 4.71. The van der Waals surface area contributed by atoms with E-state index in [-0.39, 0.29) is 5.75 Å². The molecule has 1 atom stereocenters. The fourth-order valence-corrected chi connectivity index (χ4v) is 1.59. The molecule has 3 nitrogen and oxygen atoms in total. The van der Waals surface area contributed by atoms with Gasteiger partial charge >= 0.3 is 0 Å². The molecular formula is C11H14INO2. The number of halogens is 1. The molecule has 0 aliphatic heterocycles. The molecule has 4 heteroatoms. The van der Waals surface area contributed by atoms with Crippen LogP contribution in [0.5, 0.6) is 5.75 Å². The van der Waals surface area contributed by atoms with E-state index in [1.807, 2.05) is 22.6 Å². The molecule has 0 radical (unpaired) electrons. The second kappa shape index (κ2) is 5.46. The SMILES string of the molecule is CC(=N)CC[C@H](O)c1ccc([131I])c(O)c1. The van der Waals surface area contributed by atoms with E-state index < -0.39 is 6.10 Å². The van der Waals surface area contributed by atoms with Gasteiger partial charge in [-0.25, -0.2) is 0 Å². The van der Waals surface area contributed by atoms with Crippen LogP contribution in [0.3, 0.4) is 0 Å². The number of hydrogen-bond donors (Lipinski definition) is 3. The third-order valence-corrected chi connectivity index (χ3v) is 3.06. The highest BCUT2D eigenvalue weighted by Crippen LogP contribution is 2.26. The summed E-state index contributed by atoms with van der Waals surface area (Å²) >= 11 is 2.03. The van der Waals surface area contributed by atoms with Crippen LogP contribution in [0, 0.1) is 8.98 Å². The maximum absolute atomic E-state index is 9.77. The monoisotopic (exact) mass is 323 g/mol. The smallest absolute Gasteiger partial charge is 0.129 e. The van der Waals surface area contributed by atoms with Gasteiger partial charge in [0, 0.05) is 5.71 Å². The zero-order valence-electron chi connectivity index (χ0n) is 8.50. The highest BCUT2D eigenvalue weighted by Gasteiger charge is 2.09. The van der Waals surface area contributed by atoms with Crippen molar-refractivity contribution in [1.82, 2.24) is 0 Å². The molecule has 3 N–H and O–H groups in total. The molecule has 15 heavy (non-hydrogen) atoms. The van der Waals surface area contributed by atoms with Gasteiger partial charge in [0.25, 0.3) is 0 Å². The Labute approximate surface area is 103 Å². The zero-order chi connectivity index (χ0) is 11.4. The lowest BCUT2D eigenvalue weighted by Crippen LogP contribution is -2.00. The summed E-state index contributed by atoms with van der Waals surface area (Å²) in [5.74, 6) is 0.193. The molecule has 0 aromatic heterocycles. The number of phenolic OH excluding ortho intramolecular Hbond substituents is 1. The van der Waals surface area contributed by atoms with E-state index in [0.717, 1.165) is 3.57 Å². The van der Waals surface area contributed by atoms with Gasteiger partial charge in [0.05, 0.1) is 9.67 Å². The van der Waals surface area contributed by atoms with E-state index in [2.05, 4.69) is 0 Å². The lowest BCUT2D eigenvalue weighted by atomic mass is 10.0. The molecule has 0 heterocycles. The van der Waals surface area contributed by atoms with Crippen molar-refractivity contribution in [1.29, 1.82) is 5.41 Å². The van der Waals surface area contributed by atoms with Crippen molar-refractivity contribution in [3.05, 3.63) is 27.3 Å². The third kappa shape index (κ3) is 3.79. The number of hydrogen-bond acceptors (Lipinski definition) is 3. The first kappa shape index (κ1) is 12.4. The van der Waals surface area contributed by atoms with Crippen LogP contribution >= 0.6 is 22.6 Å². The van der Waals surface area contributed by atoms with Crippen molar-refractivity contribution >= 4 is 28.3 Å². The maximum Gasteiger partial charge on any atom is 0.129 e. The Balaban J connectivity index is 2.69. The molecule has 0 aliphatic carbocycles. The minimum atomic E-state index is -0.604. The summed E-state index contributed by atoms with van der Waals surface area (Å²) in [6.07, 6.45) is 0.497. The molecular weight excluding hydrogens is 309 g/mol. The Hall–Kier alpha value is -0.620. The normalized spacial score (nSPS) is 12.5. The van der Waals surface area contributed by atoms with Crippen LogP contribution in [0.4, 0.5) is 0 Å². The Morgan fingerprint density at radius 3 is 2.73 bits per heavy atom. The van der Waals surface area contributed by atoms with E-state index in [1.165, 1.54) is 0 Å². The van der Waals surface area contributed by atoms with Gasteiger partial charge in [-0.3, -0.25) is 0 Å². The number of aromatic hydroxyl groups is 1.